The molecule has 0 spiro atoms. The topological polar surface area (TPSA) is 133 Å². The summed E-state index contributed by atoms with van der Waals surface area (Å²) < 4.78 is 5.35. The van der Waals surface area contributed by atoms with E-state index in [0.717, 1.165) is 17.1 Å². The Morgan fingerprint density at radius 1 is 1.16 bits per heavy atom. The van der Waals surface area contributed by atoms with Crippen LogP contribution < -0.4 is 0 Å². The van der Waals surface area contributed by atoms with Crippen LogP contribution in [0.3, 0.4) is 0 Å². The summed E-state index contributed by atoms with van der Waals surface area (Å²) in [5.41, 5.74) is 2.67. The van der Waals surface area contributed by atoms with E-state index in [-0.39, 0.29) is 5.78 Å². The van der Waals surface area contributed by atoms with E-state index in [2.05, 4.69) is 9.97 Å². The maximum absolute atomic E-state index is 12.0. The largest absolute Gasteiger partial charge is 0.478 e. The quantitative estimate of drug-likeness (QED) is 0.539. The number of nitrogens with zero attached hydrogens (tertiary/aromatic N) is 1. The highest BCUT2D eigenvalue weighted by atomic mass is 16.4. The molecule has 0 aliphatic rings. The highest BCUT2D eigenvalue weighted by molar-refractivity contribution is 5.97. The number of aryl methyl sites for hydroxylation is 4. The monoisotopic (exact) mass is 348 g/mol. The molecule has 3 N–H and O–H groups in total. The summed E-state index contributed by atoms with van der Waals surface area (Å²) in [6, 6.07) is 1.80. The molecule has 0 aliphatic heterocycles. The average Bonchev–Trinajstić information content (AvgIpc) is 3.08. The number of carbonyl (C=O) groups excluding carboxylic acids is 1. The van der Waals surface area contributed by atoms with Gasteiger partial charge in [-0.25, -0.2) is 14.6 Å². The molecule has 2 rings (SSSR count). The minimum atomic E-state index is -1.26. The lowest BCUT2D eigenvalue weighted by Crippen LogP contribution is -2.02. The van der Waals surface area contributed by atoms with Gasteiger partial charge < -0.3 is 19.6 Å². The Bertz CT molecular complexity index is 769. The van der Waals surface area contributed by atoms with Gasteiger partial charge in [-0.15, -0.1) is 0 Å². The molecule has 0 saturated heterocycles. The molecule has 2 aromatic heterocycles. The number of nitrogens with one attached hydrogen (secondary N) is 1. The summed E-state index contributed by atoms with van der Waals surface area (Å²) in [4.78, 5) is 38.3. The lowest BCUT2D eigenvalue weighted by atomic mass is 10.1. The molecule has 2 heterocycles. The molecule has 25 heavy (non-hydrogen) atoms. The fourth-order valence-electron chi connectivity index (χ4n) is 2.06. The molecular weight excluding hydrogens is 328 g/mol. The lowest BCUT2D eigenvalue weighted by molar-refractivity contribution is -0.134. The number of carboxylic acids is 2. The van der Waals surface area contributed by atoms with Gasteiger partial charge in [-0.3, -0.25) is 4.79 Å². The van der Waals surface area contributed by atoms with E-state index < -0.39 is 11.9 Å². The summed E-state index contributed by atoms with van der Waals surface area (Å²) in [6.45, 7) is 5.63. The number of aromatic nitrogens is 2. The molecule has 0 aromatic carbocycles. The number of imidazole rings is 1. The third-order valence-electron chi connectivity index (χ3n) is 3.23. The van der Waals surface area contributed by atoms with Gasteiger partial charge >= 0.3 is 11.9 Å². The Hall–Kier alpha value is -3.16. The molecule has 0 aliphatic carbocycles. The van der Waals surface area contributed by atoms with E-state index in [4.69, 9.17) is 14.6 Å². The second kappa shape index (κ2) is 9.21. The summed E-state index contributed by atoms with van der Waals surface area (Å²) in [7, 11) is 0. The van der Waals surface area contributed by atoms with Gasteiger partial charge in [0.15, 0.2) is 5.78 Å². The zero-order valence-electron chi connectivity index (χ0n) is 14.2. The maximum atomic E-state index is 12.0. The molecule has 0 unspecified atom stereocenters. The van der Waals surface area contributed by atoms with Crippen LogP contribution in [0.5, 0.6) is 0 Å². The number of carbonyl (C=O) groups is 3. The molecule has 8 nitrogen and oxygen atoms in total. The van der Waals surface area contributed by atoms with Crippen LogP contribution in [0, 0.1) is 20.8 Å². The number of aliphatic carboxylic acids is 2. The number of Topliss-reactive ketones (excluding diaryl/α,β-unsaturated/α-hetero) is 1. The molecular formula is C17H20N2O6. The first kappa shape index (κ1) is 19.9. The second-order valence-corrected chi connectivity index (χ2v) is 5.23. The number of hydrogen-bond donors (Lipinski definition) is 3. The molecule has 0 radical (unpaired) electrons. The average molecular weight is 348 g/mol. The van der Waals surface area contributed by atoms with E-state index >= 15 is 0 Å². The van der Waals surface area contributed by atoms with Gasteiger partial charge in [0, 0.05) is 24.3 Å². The summed E-state index contributed by atoms with van der Waals surface area (Å²) in [5.74, 6) is -0.922. The van der Waals surface area contributed by atoms with E-state index in [1.54, 1.807) is 12.4 Å². The Morgan fingerprint density at radius 3 is 2.16 bits per heavy atom. The molecule has 0 fully saturated rings. The molecule has 0 saturated carbocycles. The molecule has 0 bridgehead atoms. The van der Waals surface area contributed by atoms with Crippen molar-refractivity contribution in [1.29, 1.82) is 0 Å². The van der Waals surface area contributed by atoms with Crippen LogP contribution in [0.2, 0.25) is 0 Å². The van der Waals surface area contributed by atoms with Crippen molar-refractivity contribution in [2.75, 3.05) is 0 Å². The SMILES string of the molecule is Cc1cc(C(=O)CCc2nc[nH]c2C)c(C)o1.O=C(O)C=CC(=O)O. The molecule has 8 heteroatoms. The first-order chi connectivity index (χ1) is 11.7. The summed E-state index contributed by atoms with van der Waals surface area (Å²) in [5, 5.41) is 15.6. The number of rotatable bonds is 6. The number of H-pyrrole nitrogens is 1. The van der Waals surface area contributed by atoms with Crippen LogP contribution in [0.1, 0.15) is 39.7 Å². The van der Waals surface area contributed by atoms with Crippen molar-refractivity contribution >= 4 is 17.7 Å². The van der Waals surface area contributed by atoms with Gasteiger partial charge in [0.2, 0.25) is 0 Å². The van der Waals surface area contributed by atoms with Crippen molar-refractivity contribution < 1.29 is 29.0 Å². The summed E-state index contributed by atoms with van der Waals surface area (Å²) >= 11 is 0. The summed E-state index contributed by atoms with van der Waals surface area (Å²) in [6.07, 6.45) is 3.90. The van der Waals surface area contributed by atoms with Gasteiger partial charge in [0.1, 0.15) is 11.5 Å². The molecule has 134 valence electrons. The van der Waals surface area contributed by atoms with Gasteiger partial charge in [-0.05, 0) is 33.3 Å². The van der Waals surface area contributed by atoms with Crippen LogP contribution in [0.15, 0.2) is 29.0 Å². The standard InChI is InChI=1S/C13H16N2O2.C4H4O4/c1-8-6-11(10(3)17-8)13(16)5-4-12-9(2)14-7-15-12;5-3(6)1-2-4(7)8/h6-7H,4-5H2,1-3H3,(H,14,15);1-2H,(H,5,6)(H,7,8). The van der Waals surface area contributed by atoms with Crippen molar-refractivity contribution in [1.82, 2.24) is 9.97 Å². The predicted molar refractivity (Wildman–Crippen MR) is 88.6 cm³/mol. The van der Waals surface area contributed by atoms with Crippen molar-refractivity contribution in [2.24, 2.45) is 0 Å². The maximum Gasteiger partial charge on any atom is 0.328 e. The van der Waals surface area contributed by atoms with Crippen LogP contribution in [-0.4, -0.2) is 37.9 Å². The minimum absolute atomic E-state index is 0.113. The second-order valence-electron chi connectivity index (χ2n) is 5.23. The number of ketones is 1. The van der Waals surface area contributed by atoms with Crippen molar-refractivity contribution in [3.8, 4) is 0 Å². The molecule has 0 amide bonds. The Labute approximate surface area is 144 Å². The van der Waals surface area contributed by atoms with Gasteiger partial charge in [0.25, 0.3) is 0 Å². The molecule has 0 atom stereocenters. The number of hydrogen-bond acceptors (Lipinski definition) is 5. The van der Waals surface area contributed by atoms with Crippen LogP contribution in [0.25, 0.3) is 0 Å². The number of furan rings is 1. The Balaban J connectivity index is 0.000000333. The third-order valence-corrected chi connectivity index (χ3v) is 3.23. The smallest absolute Gasteiger partial charge is 0.328 e. The van der Waals surface area contributed by atoms with Crippen LogP contribution in [-0.2, 0) is 16.0 Å². The highest BCUT2D eigenvalue weighted by Crippen LogP contribution is 2.16. The van der Waals surface area contributed by atoms with Gasteiger partial charge in [-0.1, -0.05) is 0 Å². The van der Waals surface area contributed by atoms with Crippen molar-refractivity contribution in [3.63, 3.8) is 0 Å². The lowest BCUT2D eigenvalue weighted by Gasteiger charge is -1.98. The van der Waals surface area contributed by atoms with E-state index in [0.29, 0.717) is 36.3 Å². The number of aromatic amines is 1. The normalized spacial score (nSPS) is 10.4. The van der Waals surface area contributed by atoms with Crippen molar-refractivity contribution in [2.45, 2.75) is 33.6 Å². The Kier molecular flexibility index (Phi) is 7.33. The first-order valence-electron chi connectivity index (χ1n) is 7.43. The van der Waals surface area contributed by atoms with Gasteiger partial charge in [-0.2, -0.15) is 0 Å². The zero-order chi connectivity index (χ0) is 19.0. The van der Waals surface area contributed by atoms with E-state index in [9.17, 15) is 14.4 Å². The fraction of sp³-hybridized carbons (Fsp3) is 0.294. The van der Waals surface area contributed by atoms with Crippen LogP contribution in [0.4, 0.5) is 0 Å². The minimum Gasteiger partial charge on any atom is -0.478 e. The Morgan fingerprint density at radius 2 is 1.76 bits per heavy atom. The van der Waals surface area contributed by atoms with E-state index in [1.165, 1.54) is 0 Å². The highest BCUT2D eigenvalue weighted by Gasteiger charge is 2.14. The third kappa shape index (κ3) is 6.86. The van der Waals surface area contributed by atoms with E-state index in [1.807, 2.05) is 20.8 Å². The zero-order valence-corrected chi connectivity index (χ0v) is 14.2. The van der Waals surface area contributed by atoms with Crippen LogP contribution >= 0.6 is 0 Å². The predicted octanol–water partition coefficient (Wildman–Crippen LogP) is 2.46. The van der Waals surface area contributed by atoms with Gasteiger partial charge in [0.05, 0.1) is 17.6 Å². The van der Waals surface area contributed by atoms with Crippen molar-refractivity contribution in [3.05, 3.63) is 53.0 Å². The number of carboxylic acid groups (broad SMARTS) is 2. The first-order valence-corrected chi connectivity index (χ1v) is 7.43. The molecule has 2 aromatic rings. The fourth-order valence-corrected chi connectivity index (χ4v) is 2.06.